The first-order valence-corrected chi connectivity index (χ1v) is 10.1. The molecule has 1 amide bonds. The summed E-state index contributed by atoms with van der Waals surface area (Å²) in [6.07, 6.45) is 7.21. The van der Waals surface area contributed by atoms with Crippen molar-refractivity contribution in [1.82, 2.24) is 24.3 Å². The molecule has 6 nitrogen and oxygen atoms in total. The van der Waals surface area contributed by atoms with Crippen LogP contribution < -0.4 is 5.32 Å². The highest BCUT2D eigenvalue weighted by Crippen LogP contribution is 2.56. The van der Waals surface area contributed by atoms with E-state index in [1.165, 1.54) is 0 Å². The fraction of sp³-hybridized carbons (Fsp3) is 0.619. The lowest BCUT2D eigenvalue weighted by atomic mass is 9.93. The summed E-state index contributed by atoms with van der Waals surface area (Å²) in [5.41, 5.74) is 3.38. The van der Waals surface area contributed by atoms with Gasteiger partial charge in [0.25, 0.3) is 5.91 Å². The first-order valence-electron chi connectivity index (χ1n) is 10.1. The largest absolute Gasteiger partial charge is 0.349 e. The number of rotatable bonds is 5. The number of aryl methyl sites for hydroxylation is 2. The second kappa shape index (κ2) is 7.91. The molecule has 2 aromatic rings. The van der Waals surface area contributed by atoms with Crippen molar-refractivity contribution in [3.05, 3.63) is 41.2 Å². The molecule has 1 aliphatic carbocycles. The van der Waals surface area contributed by atoms with Crippen molar-refractivity contribution in [3.63, 3.8) is 0 Å². The molecule has 28 heavy (non-hydrogen) atoms. The van der Waals surface area contributed by atoms with Crippen LogP contribution in [0.3, 0.4) is 0 Å². The second-order valence-corrected chi connectivity index (χ2v) is 8.25. The van der Waals surface area contributed by atoms with Gasteiger partial charge in [-0.05, 0) is 64.6 Å². The number of nitrogens with zero attached hydrogens (tertiary/aromatic N) is 4. The predicted octanol–water partition coefficient (Wildman–Crippen LogP) is 3.06. The van der Waals surface area contributed by atoms with Gasteiger partial charge in [-0.1, -0.05) is 0 Å². The number of halogens is 1. The Morgan fingerprint density at radius 2 is 2.07 bits per heavy atom. The zero-order chi connectivity index (χ0) is 19.2. The Morgan fingerprint density at radius 1 is 1.36 bits per heavy atom. The summed E-state index contributed by atoms with van der Waals surface area (Å²) in [4.78, 5) is 20.2. The normalized spacial score (nSPS) is 20.1. The third kappa shape index (κ3) is 3.48. The fourth-order valence-electron chi connectivity index (χ4n) is 4.91. The summed E-state index contributed by atoms with van der Waals surface area (Å²) in [7, 11) is 2.00. The molecular formula is C21H32ClN5O. The molecule has 7 heteroatoms. The third-order valence-corrected chi connectivity index (χ3v) is 6.74. The van der Waals surface area contributed by atoms with Crippen LogP contribution in [0.4, 0.5) is 0 Å². The summed E-state index contributed by atoms with van der Waals surface area (Å²) < 4.78 is 4.24. The van der Waals surface area contributed by atoms with Crippen LogP contribution in [0, 0.1) is 19.3 Å². The molecule has 2 aliphatic rings. The molecule has 2 fully saturated rings. The molecule has 1 unspecified atom stereocenters. The molecule has 1 atom stereocenters. The number of carbonyl (C=O) groups excluding carboxylic acids is 1. The van der Waals surface area contributed by atoms with Crippen LogP contribution in [-0.2, 0) is 20.1 Å². The molecule has 0 aromatic carbocycles. The van der Waals surface area contributed by atoms with Gasteiger partial charge in [0.1, 0.15) is 5.82 Å². The van der Waals surface area contributed by atoms with Gasteiger partial charge in [-0.25, -0.2) is 4.98 Å². The number of imidazole rings is 1. The summed E-state index contributed by atoms with van der Waals surface area (Å²) in [5.74, 6) is 1.11. The fourth-order valence-corrected chi connectivity index (χ4v) is 4.91. The van der Waals surface area contributed by atoms with Crippen molar-refractivity contribution in [2.75, 3.05) is 13.1 Å². The Bertz CT molecular complexity index is 849. The van der Waals surface area contributed by atoms with Gasteiger partial charge >= 0.3 is 0 Å². The number of piperidine rings is 1. The molecule has 4 rings (SSSR count). The molecule has 1 saturated heterocycles. The van der Waals surface area contributed by atoms with Crippen molar-refractivity contribution in [2.24, 2.45) is 12.5 Å². The van der Waals surface area contributed by atoms with E-state index in [9.17, 15) is 4.79 Å². The highest BCUT2D eigenvalue weighted by molar-refractivity contribution is 5.96. The summed E-state index contributed by atoms with van der Waals surface area (Å²) in [5, 5.41) is 3.46. The Hall–Kier alpha value is -1.79. The molecule has 0 radical (unpaired) electrons. The monoisotopic (exact) mass is 405 g/mol. The molecule has 2 aromatic heterocycles. The van der Waals surface area contributed by atoms with Gasteiger partial charge in [0.05, 0.1) is 12.1 Å². The highest BCUT2D eigenvalue weighted by Gasteiger charge is 2.58. The van der Waals surface area contributed by atoms with E-state index in [2.05, 4.69) is 46.6 Å². The maximum absolute atomic E-state index is 13.7. The van der Waals surface area contributed by atoms with Crippen LogP contribution in [0.5, 0.6) is 0 Å². The van der Waals surface area contributed by atoms with Crippen molar-refractivity contribution in [1.29, 1.82) is 0 Å². The quantitative estimate of drug-likeness (QED) is 0.831. The maximum Gasteiger partial charge on any atom is 0.256 e. The lowest BCUT2D eigenvalue weighted by molar-refractivity contribution is 0.0684. The number of nitrogens with one attached hydrogen (secondary N) is 1. The maximum atomic E-state index is 13.7. The summed E-state index contributed by atoms with van der Waals surface area (Å²) in [6.45, 7) is 9.88. The Labute approximate surface area is 173 Å². The highest BCUT2D eigenvalue weighted by atomic mass is 35.5. The van der Waals surface area contributed by atoms with Gasteiger partial charge < -0.3 is 19.4 Å². The van der Waals surface area contributed by atoms with E-state index in [1.54, 1.807) is 0 Å². The second-order valence-electron chi connectivity index (χ2n) is 8.25. The standard InChI is InChI=1S/C21H31N5O.ClH/c1-5-25-15(2)12-17(16(25)3)20(27)26(14-19-23-10-11-24(19)4)18-13-21(18)6-8-22-9-7-21;/h10-12,18,22H,5-9,13-14H2,1-4H3;1H. The summed E-state index contributed by atoms with van der Waals surface area (Å²) in [6, 6.07) is 2.39. The number of hydrogen-bond acceptors (Lipinski definition) is 3. The number of aromatic nitrogens is 3. The molecule has 0 bridgehead atoms. The van der Waals surface area contributed by atoms with E-state index in [4.69, 9.17) is 0 Å². The van der Waals surface area contributed by atoms with E-state index in [0.29, 0.717) is 18.0 Å². The SMILES string of the molecule is CCn1c(C)cc(C(=O)N(Cc2nccn2C)C2CC23CCNCC3)c1C.Cl. The van der Waals surface area contributed by atoms with Crippen molar-refractivity contribution >= 4 is 18.3 Å². The van der Waals surface area contributed by atoms with Gasteiger partial charge in [-0.2, -0.15) is 0 Å². The molecule has 3 heterocycles. The average molecular weight is 406 g/mol. The minimum absolute atomic E-state index is 0. The molecule has 1 aliphatic heterocycles. The van der Waals surface area contributed by atoms with Crippen molar-refractivity contribution in [3.8, 4) is 0 Å². The van der Waals surface area contributed by atoms with Crippen LogP contribution >= 0.6 is 12.4 Å². The van der Waals surface area contributed by atoms with E-state index < -0.39 is 0 Å². The van der Waals surface area contributed by atoms with Gasteiger partial charge in [0.15, 0.2) is 0 Å². The summed E-state index contributed by atoms with van der Waals surface area (Å²) >= 11 is 0. The van der Waals surface area contributed by atoms with E-state index in [1.807, 2.05) is 24.0 Å². The minimum atomic E-state index is 0. The van der Waals surface area contributed by atoms with Gasteiger partial charge in [0, 0.05) is 43.4 Å². The van der Waals surface area contributed by atoms with Gasteiger partial charge in [0.2, 0.25) is 0 Å². The van der Waals surface area contributed by atoms with Crippen LogP contribution in [0.15, 0.2) is 18.5 Å². The molecular weight excluding hydrogens is 374 g/mol. The Balaban J connectivity index is 0.00000225. The van der Waals surface area contributed by atoms with Crippen LogP contribution in [0.2, 0.25) is 0 Å². The lowest BCUT2D eigenvalue weighted by Gasteiger charge is -2.29. The van der Waals surface area contributed by atoms with Crippen LogP contribution in [0.25, 0.3) is 0 Å². The molecule has 154 valence electrons. The number of carbonyl (C=O) groups is 1. The van der Waals surface area contributed by atoms with Gasteiger partial charge in [-0.15, -0.1) is 12.4 Å². The third-order valence-electron chi connectivity index (χ3n) is 6.74. The lowest BCUT2D eigenvalue weighted by Crippen LogP contribution is -2.39. The zero-order valence-corrected chi connectivity index (χ0v) is 18.2. The molecule has 1 N–H and O–H groups in total. The topological polar surface area (TPSA) is 55.1 Å². The van der Waals surface area contributed by atoms with Gasteiger partial charge in [-0.3, -0.25) is 4.79 Å². The van der Waals surface area contributed by atoms with Crippen molar-refractivity contribution in [2.45, 2.75) is 59.2 Å². The van der Waals surface area contributed by atoms with Crippen LogP contribution in [-0.4, -0.2) is 44.1 Å². The van der Waals surface area contributed by atoms with Crippen LogP contribution in [0.1, 0.15) is 53.8 Å². The number of hydrogen-bond donors (Lipinski definition) is 1. The van der Waals surface area contributed by atoms with E-state index in [-0.39, 0.29) is 18.3 Å². The van der Waals surface area contributed by atoms with E-state index in [0.717, 1.165) is 61.7 Å². The smallest absolute Gasteiger partial charge is 0.256 e. The number of amides is 1. The predicted molar refractivity (Wildman–Crippen MR) is 113 cm³/mol. The average Bonchev–Trinajstić information content (AvgIpc) is 3.02. The Kier molecular flexibility index (Phi) is 5.92. The first-order chi connectivity index (χ1) is 13.0. The zero-order valence-electron chi connectivity index (χ0n) is 17.4. The first kappa shape index (κ1) is 20.9. The van der Waals surface area contributed by atoms with E-state index >= 15 is 0 Å². The molecule has 1 spiro atoms. The molecule has 1 saturated carbocycles. The van der Waals surface area contributed by atoms with Crippen molar-refractivity contribution < 1.29 is 4.79 Å². The Morgan fingerprint density at radius 3 is 2.64 bits per heavy atom. The minimum Gasteiger partial charge on any atom is -0.349 e.